The summed E-state index contributed by atoms with van der Waals surface area (Å²) >= 11 is 0. The van der Waals surface area contributed by atoms with Crippen LogP contribution in [0.2, 0.25) is 0 Å². The van der Waals surface area contributed by atoms with Crippen LogP contribution in [0.1, 0.15) is 76.0 Å². The molecule has 0 fully saturated rings. The molecule has 0 amide bonds. The third-order valence-electron chi connectivity index (χ3n) is 3.86. The minimum atomic E-state index is 0.514. The summed E-state index contributed by atoms with van der Waals surface area (Å²) in [4.78, 5) is 0. The molecule has 0 aromatic heterocycles. The van der Waals surface area contributed by atoms with Gasteiger partial charge in [-0.15, -0.1) is 0 Å². The van der Waals surface area contributed by atoms with Crippen LogP contribution < -0.4 is 0 Å². The number of rotatable bonds is 9. The fourth-order valence-electron chi connectivity index (χ4n) is 2.63. The summed E-state index contributed by atoms with van der Waals surface area (Å²) in [6.45, 7) is 6.69. The quantitative estimate of drug-likeness (QED) is 0.630. The Hall–Kier alpha value is -0.980. The summed E-state index contributed by atoms with van der Waals surface area (Å²) in [5.74, 6) is 0.514. The normalized spacial score (nSPS) is 10.9. The summed E-state index contributed by atoms with van der Waals surface area (Å²) in [5.41, 5.74) is 4.15. The minimum absolute atomic E-state index is 0.514. The van der Waals surface area contributed by atoms with E-state index in [1.54, 1.807) is 0 Å². The molecule has 1 aromatic carbocycles. The Morgan fingerprint density at radius 1 is 0.737 bits per heavy atom. The highest BCUT2D eigenvalue weighted by Gasteiger charge is 2.12. The Bertz CT molecular complexity index is 368. The first-order valence-electron chi connectivity index (χ1n) is 8.07. The maximum absolute atomic E-state index is 10.2. The molecule has 0 saturated carbocycles. The second-order valence-electron chi connectivity index (χ2n) is 5.51. The fraction of sp³-hybridized carbons (Fsp3) is 0.667. The third kappa shape index (κ3) is 4.89. The number of phenolic OH excluding ortho intramolecular Hbond substituents is 1. The van der Waals surface area contributed by atoms with Crippen molar-refractivity contribution < 1.29 is 5.11 Å². The lowest BCUT2D eigenvalue weighted by atomic mass is 9.90. The average molecular weight is 262 g/mol. The molecule has 0 saturated heterocycles. The van der Waals surface area contributed by atoms with Gasteiger partial charge in [-0.25, -0.2) is 0 Å². The van der Waals surface area contributed by atoms with Gasteiger partial charge in [-0.1, -0.05) is 46.1 Å². The molecule has 0 aliphatic carbocycles. The monoisotopic (exact) mass is 262 g/mol. The lowest BCUT2D eigenvalue weighted by molar-refractivity contribution is 0.465. The van der Waals surface area contributed by atoms with E-state index in [0.717, 1.165) is 19.3 Å². The van der Waals surface area contributed by atoms with Gasteiger partial charge in [0.2, 0.25) is 0 Å². The van der Waals surface area contributed by atoms with Crippen molar-refractivity contribution in [2.75, 3.05) is 0 Å². The van der Waals surface area contributed by atoms with Crippen molar-refractivity contribution in [2.24, 2.45) is 0 Å². The van der Waals surface area contributed by atoms with Crippen LogP contribution in [0.3, 0.4) is 0 Å². The fourth-order valence-corrected chi connectivity index (χ4v) is 2.63. The molecule has 0 aliphatic heterocycles. The smallest absolute Gasteiger partial charge is 0.119 e. The van der Waals surface area contributed by atoms with E-state index in [-0.39, 0.29) is 0 Å². The van der Waals surface area contributed by atoms with E-state index in [2.05, 4.69) is 26.8 Å². The molecule has 1 aromatic rings. The van der Waals surface area contributed by atoms with Crippen LogP contribution in [0, 0.1) is 0 Å². The van der Waals surface area contributed by atoms with Gasteiger partial charge in [0, 0.05) is 0 Å². The van der Waals surface area contributed by atoms with Crippen molar-refractivity contribution >= 4 is 0 Å². The molecule has 0 radical (unpaired) electrons. The molecular formula is C18H30O. The van der Waals surface area contributed by atoms with Crippen molar-refractivity contribution in [2.45, 2.75) is 78.6 Å². The molecule has 0 spiro atoms. The van der Waals surface area contributed by atoms with E-state index in [9.17, 15) is 5.11 Å². The molecular weight excluding hydrogens is 232 g/mol. The van der Waals surface area contributed by atoms with Crippen LogP contribution >= 0.6 is 0 Å². The molecule has 19 heavy (non-hydrogen) atoms. The zero-order valence-corrected chi connectivity index (χ0v) is 13.0. The van der Waals surface area contributed by atoms with Crippen molar-refractivity contribution in [3.05, 3.63) is 28.8 Å². The number of benzene rings is 1. The Kier molecular flexibility index (Phi) is 7.62. The van der Waals surface area contributed by atoms with Gasteiger partial charge in [0.1, 0.15) is 5.75 Å². The van der Waals surface area contributed by atoms with Gasteiger partial charge in [-0.3, -0.25) is 0 Å². The SMILES string of the molecule is CCCCc1ccc(O)c(CCCC)c1CCCC. The molecule has 108 valence electrons. The molecule has 1 rings (SSSR count). The van der Waals surface area contributed by atoms with E-state index in [0.29, 0.717) is 5.75 Å². The van der Waals surface area contributed by atoms with Gasteiger partial charge >= 0.3 is 0 Å². The predicted molar refractivity (Wildman–Crippen MR) is 83.9 cm³/mol. The maximum atomic E-state index is 10.2. The second-order valence-corrected chi connectivity index (χ2v) is 5.51. The first-order chi connectivity index (χ1) is 9.24. The molecule has 1 nitrogen and oxygen atoms in total. The predicted octanol–water partition coefficient (Wildman–Crippen LogP) is 5.42. The van der Waals surface area contributed by atoms with Crippen molar-refractivity contribution in [1.29, 1.82) is 0 Å². The molecule has 0 atom stereocenters. The highest BCUT2D eigenvalue weighted by molar-refractivity contribution is 5.45. The first kappa shape index (κ1) is 16.1. The van der Waals surface area contributed by atoms with Gasteiger partial charge in [0.05, 0.1) is 0 Å². The van der Waals surface area contributed by atoms with Crippen LogP contribution in [0.5, 0.6) is 5.75 Å². The summed E-state index contributed by atoms with van der Waals surface area (Å²) in [5, 5.41) is 10.2. The third-order valence-corrected chi connectivity index (χ3v) is 3.86. The van der Waals surface area contributed by atoms with Gasteiger partial charge < -0.3 is 5.11 Å². The van der Waals surface area contributed by atoms with E-state index in [1.807, 2.05) is 6.07 Å². The van der Waals surface area contributed by atoms with E-state index in [4.69, 9.17) is 0 Å². The standard InChI is InChI=1S/C18H30O/c1-4-7-10-15-13-14-18(19)17(12-9-6-3)16(15)11-8-5-2/h13-14,19H,4-12H2,1-3H3. The van der Waals surface area contributed by atoms with Gasteiger partial charge in [-0.2, -0.15) is 0 Å². The molecule has 0 aliphatic rings. The first-order valence-corrected chi connectivity index (χ1v) is 8.07. The van der Waals surface area contributed by atoms with Crippen LogP contribution in [-0.4, -0.2) is 5.11 Å². The van der Waals surface area contributed by atoms with Crippen LogP contribution in [-0.2, 0) is 19.3 Å². The number of hydrogen-bond donors (Lipinski definition) is 1. The maximum Gasteiger partial charge on any atom is 0.119 e. The van der Waals surface area contributed by atoms with E-state index >= 15 is 0 Å². The summed E-state index contributed by atoms with van der Waals surface area (Å²) in [6.07, 6.45) is 10.6. The minimum Gasteiger partial charge on any atom is -0.508 e. The highest BCUT2D eigenvalue weighted by atomic mass is 16.3. The summed E-state index contributed by atoms with van der Waals surface area (Å²) in [6, 6.07) is 4.05. The van der Waals surface area contributed by atoms with E-state index < -0.39 is 0 Å². The number of aryl methyl sites for hydroxylation is 1. The van der Waals surface area contributed by atoms with E-state index in [1.165, 1.54) is 55.2 Å². The number of aromatic hydroxyl groups is 1. The number of unbranched alkanes of at least 4 members (excludes halogenated alkanes) is 3. The second kappa shape index (κ2) is 9.01. The zero-order chi connectivity index (χ0) is 14.1. The van der Waals surface area contributed by atoms with Gasteiger partial charge in [0.15, 0.2) is 0 Å². The van der Waals surface area contributed by atoms with Crippen LogP contribution in [0.25, 0.3) is 0 Å². The molecule has 0 heterocycles. The van der Waals surface area contributed by atoms with Crippen molar-refractivity contribution in [3.63, 3.8) is 0 Å². The Balaban J connectivity index is 3.00. The molecule has 0 bridgehead atoms. The average Bonchev–Trinajstić information content (AvgIpc) is 2.42. The zero-order valence-electron chi connectivity index (χ0n) is 13.0. The highest BCUT2D eigenvalue weighted by Crippen LogP contribution is 2.29. The van der Waals surface area contributed by atoms with Crippen molar-refractivity contribution in [1.82, 2.24) is 0 Å². The number of phenols is 1. The van der Waals surface area contributed by atoms with Crippen LogP contribution in [0.15, 0.2) is 12.1 Å². The Morgan fingerprint density at radius 3 is 1.84 bits per heavy atom. The van der Waals surface area contributed by atoms with Gasteiger partial charge in [0.25, 0.3) is 0 Å². The van der Waals surface area contributed by atoms with Crippen molar-refractivity contribution in [3.8, 4) is 5.75 Å². The Labute approximate surface area is 119 Å². The topological polar surface area (TPSA) is 20.2 Å². The molecule has 0 unspecified atom stereocenters. The molecule has 1 heteroatoms. The van der Waals surface area contributed by atoms with Crippen LogP contribution in [0.4, 0.5) is 0 Å². The lowest BCUT2D eigenvalue weighted by Crippen LogP contribution is -2.02. The lowest BCUT2D eigenvalue weighted by Gasteiger charge is -2.16. The molecule has 1 N–H and O–H groups in total. The van der Waals surface area contributed by atoms with Gasteiger partial charge in [-0.05, 0) is 61.3 Å². The summed E-state index contributed by atoms with van der Waals surface area (Å²) in [7, 11) is 0. The largest absolute Gasteiger partial charge is 0.508 e. The summed E-state index contributed by atoms with van der Waals surface area (Å²) < 4.78 is 0. The Morgan fingerprint density at radius 2 is 1.26 bits per heavy atom. The number of hydrogen-bond acceptors (Lipinski definition) is 1.